The molecule has 14 heavy (non-hydrogen) atoms. The molecule has 72 valence electrons. The number of fused-ring (bicyclic) bond motifs is 1. The summed E-state index contributed by atoms with van der Waals surface area (Å²) in [5, 5.41) is 9.88. The van der Waals surface area contributed by atoms with Gasteiger partial charge in [-0.25, -0.2) is 0 Å². The third-order valence-electron chi connectivity index (χ3n) is 2.14. The smallest absolute Gasteiger partial charge is 0.0864 e. The number of aliphatic hydroxyl groups excluding tert-OH is 1. The lowest BCUT2D eigenvalue weighted by Gasteiger charge is -2.06. The number of nitrogens with two attached hydrogens (primary N) is 1. The van der Waals surface area contributed by atoms with E-state index in [1.54, 1.807) is 6.20 Å². The largest absolute Gasteiger partial charge is 0.398 e. The fourth-order valence-electron chi connectivity index (χ4n) is 1.37. The number of halogens is 1. The molecule has 0 radical (unpaired) electrons. The number of aliphatic hydroxyl groups is 1. The van der Waals surface area contributed by atoms with Crippen molar-refractivity contribution in [1.82, 2.24) is 4.98 Å². The van der Waals surface area contributed by atoms with Crippen molar-refractivity contribution in [2.45, 2.75) is 6.61 Å². The van der Waals surface area contributed by atoms with Crippen molar-refractivity contribution in [3.05, 3.63) is 34.4 Å². The molecule has 2 aromatic rings. The van der Waals surface area contributed by atoms with E-state index in [1.165, 1.54) is 0 Å². The maximum atomic E-state index is 9.02. The topological polar surface area (TPSA) is 59.1 Å². The van der Waals surface area contributed by atoms with Crippen molar-refractivity contribution in [3.63, 3.8) is 0 Å². The minimum Gasteiger partial charge on any atom is -0.398 e. The molecule has 0 saturated heterocycles. The SMILES string of the molecule is Nc1c(CO)cnc2c(Br)cccc12. The van der Waals surface area contributed by atoms with Crippen LogP contribution in [0.15, 0.2) is 28.9 Å². The predicted molar refractivity (Wildman–Crippen MR) is 59.8 cm³/mol. The number of anilines is 1. The lowest BCUT2D eigenvalue weighted by molar-refractivity contribution is 0.282. The Morgan fingerprint density at radius 2 is 2.21 bits per heavy atom. The average Bonchev–Trinajstić information content (AvgIpc) is 2.20. The number of hydrogen-bond donors (Lipinski definition) is 2. The maximum absolute atomic E-state index is 9.02. The van der Waals surface area contributed by atoms with Crippen LogP contribution in [-0.4, -0.2) is 10.1 Å². The molecule has 1 aromatic heterocycles. The minimum atomic E-state index is -0.0821. The van der Waals surface area contributed by atoms with E-state index >= 15 is 0 Å². The zero-order valence-corrected chi connectivity index (χ0v) is 8.95. The van der Waals surface area contributed by atoms with Gasteiger partial charge in [0.05, 0.1) is 12.1 Å². The van der Waals surface area contributed by atoms with E-state index < -0.39 is 0 Å². The van der Waals surface area contributed by atoms with Gasteiger partial charge in [0.25, 0.3) is 0 Å². The lowest BCUT2D eigenvalue weighted by Crippen LogP contribution is -1.97. The van der Waals surface area contributed by atoms with Gasteiger partial charge in [-0.2, -0.15) is 0 Å². The van der Waals surface area contributed by atoms with E-state index in [1.807, 2.05) is 18.2 Å². The van der Waals surface area contributed by atoms with Crippen LogP contribution in [0.1, 0.15) is 5.56 Å². The summed E-state index contributed by atoms with van der Waals surface area (Å²) in [5.41, 5.74) is 7.96. The molecule has 2 rings (SSSR count). The van der Waals surface area contributed by atoms with Crippen LogP contribution >= 0.6 is 15.9 Å². The second kappa shape index (κ2) is 3.55. The number of rotatable bonds is 1. The lowest BCUT2D eigenvalue weighted by atomic mass is 10.1. The van der Waals surface area contributed by atoms with Crippen LogP contribution < -0.4 is 5.73 Å². The Morgan fingerprint density at radius 1 is 1.43 bits per heavy atom. The van der Waals surface area contributed by atoms with Gasteiger partial charge in [0, 0.05) is 27.3 Å². The van der Waals surface area contributed by atoms with Gasteiger partial charge in [0.15, 0.2) is 0 Å². The van der Waals surface area contributed by atoms with Crippen LogP contribution in [-0.2, 0) is 6.61 Å². The van der Waals surface area contributed by atoms with Crippen molar-refractivity contribution < 1.29 is 5.11 Å². The van der Waals surface area contributed by atoms with Crippen molar-refractivity contribution in [1.29, 1.82) is 0 Å². The predicted octanol–water partition coefficient (Wildman–Crippen LogP) is 2.07. The highest BCUT2D eigenvalue weighted by molar-refractivity contribution is 9.10. The van der Waals surface area contributed by atoms with Crippen molar-refractivity contribution in [3.8, 4) is 0 Å². The van der Waals surface area contributed by atoms with Crippen LogP contribution in [0.3, 0.4) is 0 Å². The van der Waals surface area contributed by atoms with E-state index in [0.29, 0.717) is 11.3 Å². The summed E-state index contributed by atoms with van der Waals surface area (Å²) in [6, 6.07) is 5.70. The van der Waals surface area contributed by atoms with Gasteiger partial charge in [-0.15, -0.1) is 0 Å². The number of benzene rings is 1. The fourth-order valence-corrected chi connectivity index (χ4v) is 1.84. The highest BCUT2D eigenvalue weighted by atomic mass is 79.9. The molecule has 1 aromatic carbocycles. The van der Waals surface area contributed by atoms with Gasteiger partial charge in [0.2, 0.25) is 0 Å². The molecule has 0 bridgehead atoms. The van der Waals surface area contributed by atoms with Crippen molar-refractivity contribution >= 4 is 32.5 Å². The Labute approximate surface area is 89.7 Å². The van der Waals surface area contributed by atoms with Crippen LogP contribution in [0.25, 0.3) is 10.9 Å². The number of hydrogen-bond acceptors (Lipinski definition) is 3. The number of nitrogens with zero attached hydrogens (tertiary/aromatic N) is 1. The summed E-state index contributed by atoms with van der Waals surface area (Å²) >= 11 is 3.40. The summed E-state index contributed by atoms with van der Waals surface area (Å²) < 4.78 is 0.909. The van der Waals surface area contributed by atoms with E-state index in [9.17, 15) is 0 Å². The summed E-state index contributed by atoms with van der Waals surface area (Å²) in [6.45, 7) is -0.0821. The Morgan fingerprint density at radius 3 is 2.93 bits per heavy atom. The van der Waals surface area contributed by atoms with Crippen LogP contribution in [0.5, 0.6) is 0 Å². The molecule has 0 saturated carbocycles. The third-order valence-corrected chi connectivity index (χ3v) is 2.78. The Balaban J connectivity index is 2.84. The molecule has 3 nitrogen and oxygen atoms in total. The van der Waals surface area contributed by atoms with E-state index in [0.717, 1.165) is 15.4 Å². The average molecular weight is 253 g/mol. The van der Waals surface area contributed by atoms with Gasteiger partial charge in [-0.1, -0.05) is 12.1 Å². The second-order valence-electron chi connectivity index (χ2n) is 2.99. The molecule has 0 atom stereocenters. The number of pyridine rings is 1. The molecule has 3 N–H and O–H groups in total. The minimum absolute atomic E-state index is 0.0821. The van der Waals surface area contributed by atoms with Crippen LogP contribution in [0.4, 0.5) is 5.69 Å². The normalized spacial score (nSPS) is 10.7. The van der Waals surface area contributed by atoms with Crippen molar-refractivity contribution in [2.24, 2.45) is 0 Å². The molecular formula is C10H9BrN2O. The van der Waals surface area contributed by atoms with E-state index in [-0.39, 0.29) is 6.61 Å². The first-order valence-electron chi connectivity index (χ1n) is 4.16. The fraction of sp³-hybridized carbons (Fsp3) is 0.100. The maximum Gasteiger partial charge on any atom is 0.0864 e. The van der Waals surface area contributed by atoms with Crippen LogP contribution in [0.2, 0.25) is 0 Å². The first kappa shape index (κ1) is 9.43. The molecule has 0 aliphatic rings. The zero-order valence-electron chi connectivity index (χ0n) is 7.37. The van der Waals surface area contributed by atoms with E-state index in [2.05, 4.69) is 20.9 Å². The Bertz CT molecular complexity index is 485. The molecule has 0 unspecified atom stereocenters. The Hall–Kier alpha value is -1.13. The van der Waals surface area contributed by atoms with Gasteiger partial charge >= 0.3 is 0 Å². The standard InChI is InChI=1S/C10H9BrN2O/c11-8-3-1-2-7-9(12)6(5-14)4-13-10(7)8/h1-4,14H,5H2,(H2,12,13). The first-order valence-corrected chi connectivity index (χ1v) is 4.95. The number of para-hydroxylation sites is 1. The summed E-state index contributed by atoms with van der Waals surface area (Å²) in [4.78, 5) is 4.23. The molecule has 0 amide bonds. The molecular weight excluding hydrogens is 244 g/mol. The first-order chi connectivity index (χ1) is 6.74. The molecule has 0 fully saturated rings. The van der Waals surface area contributed by atoms with Gasteiger partial charge in [0.1, 0.15) is 0 Å². The molecule has 0 spiro atoms. The molecule has 1 heterocycles. The quantitative estimate of drug-likeness (QED) is 0.817. The zero-order chi connectivity index (χ0) is 10.1. The summed E-state index contributed by atoms with van der Waals surface area (Å²) in [7, 11) is 0. The molecule has 4 heteroatoms. The van der Waals surface area contributed by atoms with Crippen LogP contribution in [0, 0.1) is 0 Å². The monoisotopic (exact) mass is 252 g/mol. The summed E-state index contributed by atoms with van der Waals surface area (Å²) in [6.07, 6.45) is 1.60. The number of nitrogen functional groups attached to an aromatic ring is 1. The van der Waals surface area contributed by atoms with E-state index in [4.69, 9.17) is 10.8 Å². The third kappa shape index (κ3) is 1.36. The molecule has 0 aliphatic heterocycles. The Kier molecular flexibility index (Phi) is 2.39. The van der Waals surface area contributed by atoms with Gasteiger partial charge in [-0.3, -0.25) is 4.98 Å². The van der Waals surface area contributed by atoms with Crippen molar-refractivity contribution in [2.75, 3.05) is 5.73 Å². The second-order valence-corrected chi connectivity index (χ2v) is 3.85. The van der Waals surface area contributed by atoms with Gasteiger partial charge in [-0.05, 0) is 22.0 Å². The molecule has 0 aliphatic carbocycles. The summed E-state index contributed by atoms with van der Waals surface area (Å²) in [5.74, 6) is 0. The number of aromatic nitrogens is 1. The highest BCUT2D eigenvalue weighted by Crippen LogP contribution is 2.27. The van der Waals surface area contributed by atoms with Gasteiger partial charge < -0.3 is 10.8 Å². The highest BCUT2D eigenvalue weighted by Gasteiger charge is 2.06.